The van der Waals surface area contributed by atoms with E-state index in [1.807, 2.05) is 31.2 Å². The number of benzene rings is 1. The number of nitrogens with zero attached hydrogens (tertiary/aromatic N) is 1. The molecule has 0 fully saturated rings. The Kier molecular flexibility index (Phi) is 2.90. The molecule has 3 rings (SSSR count). The van der Waals surface area contributed by atoms with Crippen molar-refractivity contribution < 1.29 is 4.79 Å². The van der Waals surface area contributed by atoms with Crippen molar-refractivity contribution in [1.29, 1.82) is 0 Å². The fraction of sp³-hybridized carbons (Fsp3) is 0.250. The summed E-state index contributed by atoms with van der Waals surface area (Å²) in [5.41, 5.74) is 2.36. The molecule has 0 saturated carbocycles. The highest BCUT2D eigenvalue weighted by Gasteiger charge is 2.39. The monoisotopic (exact) mass is 271 g/mol. The second-order valence-corrected chi connectivity index (χ2v) is 5.64. The third kappa shape index (κ3) is 1.96. The summed E-state index contributed by atoms with van der Waals surface area (Å²) >= 11 is 5.99. The highest BCUT2D eigenvalue weighted by Crippen LogP contribution is 2.38. The van der Waals surface area contributed by atoms with Gasteiger partial charge in [-0.2, -0.15) is 0 Å². The van der Waals surface area contributed by atoms with Gasteiger partial charge in [0, 0.05) is 23.0 Å². The van der Waals surface area contributed by atoms with Gasteiger partial charge in [0.1, 0.15) is 0 Å². The number of carbonyl (C=O) groups excluding carboxylic acids is 1. The summed E-state index contributed by atoms with van der Waals surface area (Å²) in [5.74, 6) is 0.165. The van der Waals surface area contributed by atoms with E-state index in [1.165, 1.54) is 0 Å². The van der Waals surface area contributed by atoms with E-state index in [9.17, 15) is 4.79 Å². The van der Waals surface area contributed by atoms with Crippen LogP contribution in [0.1, 0.15) is 34.8 Å². The predicted octanol–water partition coefficient (Wildman–Crippen LogP) is 3.82. The van der Waals surface area contributed by atoms with Gasteiger partial charge in [-0.15, -0.1) is 0 Å². The zero-order valence-corrected chi connectivity index (χ0v) is 11.4. The second kappa shape index (κ2) is 4.46. The molecule has 1 aromatic carbocycles. The number of aromatic nitrogens is 1. The number of aryl methyl sites for hydroxylation is 1. The van der Waals surface area contributed by atoms with Crippen LogP contribution in [0.4, 0.5) is 0 Å². The molecule has 1 aliphatic rings. The van der Waals surface area contributed by atoms with Crippen LogP contribution in [0, 0.1) is 0 Å². The van der Waals surface area contributed by atoms with Crippen molar-refractivity contribution in [2.24, 2.45) is 0 Å². The summed E-state index contributed by atoms with van der Waals surface area (Å²) in [5, 5.41) is 0.691. The van der Waals surface area contributed by atoms with Crippen LogP contribution in [0.2, 0.25) is 5.02 Å². The molecule has 2 aromatic rings. The van der Waals surface area contributed by atoms with Crippen molar-refractivity contribution in [3.63, 3.8) is 0 Å². The number of rotatable bonds is 1. The lowest BCUT2D eigenvalue weighted by Crippen LogP contribution is -2.37. The Bertz CT molecular complexity index is 638. The lowest BCUT2D eigenvalue weighted by atomic mass is 9.68. The van der Waals surface area contributed by atoms with E-state index < -0.39 is 5.41 Å². The molecule has 1 heterocycles. The quantitative estimate of drug-likeness (QED) is 0.789. The minimum absolute atomic E-state index is 0.165. The number of hydrogen-bond donors (Lipinski definition) is 0. The lowest BCUT2D eigenvalue weighted by molar-refractivity contribution is 0.0875. The molecule has 3 heteroatoms. The van der Waals surface area contributed by atoms with Crippen molar-refractivity contribution in [3.8, 4) is 0 Å². The molecule has 96 valence electrons. The molecular formula is C16H14ClNO. The molecule has 1 aromatic heterocycles. The molecule has 1 aliphatic carbocycles. The first-order valence-electron chi connectivity index (χ1n) is 6.35. The van der Waals surface area contributed by atoms with Gasteiger partial charge in [-0.1, -0.05) is 17.7 Å². The Morgan fingerprint density at radius 2 is 2.16 bits per heavy atom. The fourth-order valence-electron chi connectivity index (χ4n) is 2.75. The highest BCUT2D eigenvalue weighted by molar-refractivity contribution is 6.30. The average Bonchev–Trinajstić information content (AvgIpc) is 2.44. The van der Waals surface area contributed by atoms with E-state index >= 15 is 0 Å². The normalized spacial score (nSPS) is 22.1. The van der Waals surface area contributed by atoms with Gasteiger partial charge in [0.15, 0.2) is 5.78 Å². The Morgan fingerprint density at radius 3 is 2.89 bits per heavy atom. The van der Waals surface area contributed by atoms with Crippen LogP contribution in [0.25, 0.3) is 0 Å². The number of pyridine rings is 1. The number of carbonyl (C=O) groups is 1. The van der Waals surface area contributed by atoms with Crippen LogP contribution in [0.5, 0.6) is 0 Å². The SMILES string of the molecule is CC1(c2cccnc2)CCc2cc(Cl)ccc2C1=O. The first-order chi connectivity index (χ1) is 9.11. The minimum atomic E-state index is -0.477. The Morgan fingerprint density at radius 1 is 1.32 bits per heavy atom. The van der Waals surface area contributed by atoms with Crippen molar-refractivity contribution in [1.82, 2.24) is 4.98 Å². The topological polar surface area (TPSA) is 30.0 Å². The van der Waals surface area contributed by atoms with Crippen molar-refractivity contribution in [2.45, 2.75) is 25.2 Å². The van der Waals surface area contributed by atoms with Crippen molar-refractivity contribution in [2.75, 3.05) is 0 Å². The molecule has 0 amide bonds. The van der Waals surface area contributed by atoms with E-state index in [-0.39, 0.29) is 5.78 Å². The largest absolute Gasteiger partial charge is 0.293 e. The molecule has 19 heavy (non-hydrogen) atoms. The third-order valence-electron chi connectivity index (χ3n) is 4.01. The average molecular weight is 272 g/mol. The molecule has 2 nitrogen and oxygen atoms in total. The molecule has 1 atom stereocenters. The van der Waals surface area contributed by atoms with Gasteiger partial charge < -0.3 is 0 Å². The first-order valence-corrected chi connectivity index (χ1v) is 6.73. The summed E-state index contributed by atoms with van der Waals surface area (Å²) in [4.78, 5) is 16.9. The Hall–Kier alpha value is -1.67. The number of fused-ring (bicyclic) bond motifs is 1. The number of Topliss-reactive ketones (excluding diaryl/α,β-unsaturated/α-hetero) is 1. The van der Waals surface area contributed by atoms with E-state index in [0.29, 0.717) is 5.02 Å². The standard InChI is InChI=1S/C16H14ClNO/c1-16(12-3-2-8-18-10-12)7-6-11-9-13(17)4-5-14(11)15(16)19/h2-5,8-10H,6-7H2,1H3. The van der Waals surface area contributed by atoms with E-state index in [2.05, 4.69) is 4.98 Å². The summed E-state index contributed by atoms with van der Waals surface area (Å²) in [6.07, 6.45) is 5.19. The molecular weight excluding hydrogens is 258 g/mol. The summed E-state index contributed by atoms with van der Waals surface area (Å²) in [7, 11) is 0. The van der Waals surface area contributed by atoms with Gasteiger partial charge >= 0.3 is 0 Å². The van der Waals surface area contributed by atoms with Crippen LogP contribution in [-0.2, 0) is 11.8 Å². The zero-order valence-electron chi connectivity index (χ0n) is 10.7. The predicted molar refractivity (Wildman–Crippen MR) is 75.7 cm³/mol. The van der Waals surface area contributed by atoms with Gasteiger partial charge in [0.2, 0.25) is 0 Å². The van der Waals surface area contributed by atoms with Gasteiger partial charge in [-0.05, 0) is 55.2 Å². The molecule has 0 spiro atoms. The summed E-state index contributed by atoms with van der Waals surface area (Å²) in [6, 6.07) is 9.38. The smallest absolute Gasteiger partial charge is 0.173 e. The molecule has 0 N–H and O–H groups in total. The van der Waals surface area contributed by atoms with Crippen LogP contribution >= 0.6 is 11.6 Å². The third-order valence-corrected chi connectivity index (χ3v) is 4.24. The zero-order chi connectivity index (χ0) is 13.5. The van der Waals surface area contributed by atoms with Gasteiger partial charge in [-0.3, -0.25) is 9.78 Å². The first kappa shape index (κ1) is 12.4. The maximum absolute atomic E-state index is 12.8. The maximum atomic E-state index is 12.8. The Labute approximate surface area is 117 Å². The number of ketones is 1. The lowest BCUT2D eigenvalue weighted by Gasteiger charge is -2.33. The van der Waals surface area contributed by atoms with E-state index in [0.717, 1.165) is 29.5 Å². The molecule has 1 unspecified atom stereocenters. The summed E-state index contributed by atoms with van der Waals surface area (Å²) < 4.78 is 0. The van der Waals surface area contributed by atoms with Crippen LogP contribution in [-0.4, -0.2) is 10.8 Å². The number of hydrogen-bond acceptors (Lipinski definition) is 2. The summed E-state index contributed by atoms with van der Waals surface area (Å²) in [6.45, 7) is 2.00. The van der Waals surface area contributed by atoms with Crippen molar-refractivity contribution >= 4 is 17.4 Å². The number of halogens is 1. The Balaban J connectivity index is 2.09. The molecule has 0 aliphatic heterocycles. The maximum Gasteiger partial charge on any atom is 0.173 e. The molecule has 0 bridgehead atoms. The molecule has 0 radical (unpaired) electrons. The van der Waals surface area contributed by atoms with Gasteiger partial charge in [0.05, 0.1) is 5.41 Å². The van der Waals surface area contributed by atoms with E-state index in [1.54, 1.807) is 18.5 Å². The van der Waals surface area contributed by atoms with Crippen LogP contribution < -0.4 is 0 Å². The highest BCUT2D eigenvalue weighted by atomic mass is 35.5. The second-order valence-electron chi connectivity index (χ2n) is 5.20. The van der Waals surface area contributed by atoms with Gasteiger partial charge in [-0.25, -0.2) is 0 Å². The van der Waals surface area contributed by atoms with Crippen LogP contribution in [0.15, 0.2) is 42.7 Å². The van der Waals surface area contributed by atoms with Crippen molar-refractivity contribution in [3.05, 3.63) is 64.4 Å². The van der Waals surface area contributed by atoms with E-state index in [4.69, 9.17) is 11.6 Å². The molecule has 0 saturated heterocycles. The minimum Gasteiger partial charge on any atom is -0.293 e. The fourth-order valence-corrected chi connectivity index (χ4v) is 2.95. The van der Waals surface area contributed by atoms with Crippen LogP contribution in [0.3, 0.4) is 0 Å². The van der Waals surface area contributed by atoms with Gasteiger partial charge in [0.25, 0.3) is 0 Å².